The van der Waals surface area contributed by atoms with Crippen molar-refractivity contribution in [1.82, 2.24) is 34.4 Å². The Morgan fingerprint density at radius 3 is 1.84 bits per heavy atom. The molecule has 69 heavy (non-hydrogen) atoms. The predicted octanol–water partition coefficient (Wildman–Crippen LogP) is 10.6. The molecule has 0 saturated carbocycles. The lowest BCUT2D eigenvalue weighted by Gasteiger charge is -2.39. The highest BCUT2D eigenvalue weighted by molar-refractivity contribution is 5.84. The molecule has 4 aromatic rings. The summed E-state index contributed by atoms with van der Waals surface area (Å²) in [6.45, 7) is 20.2. The number of benzene rings is 3. The third-order valence-corrected chi connectivity index (χ3v) is 16.6. The zero-order valence-electron chi connectivity index (χ0n) is 45.0. The van der Waals surface area contributed by atoms with Gasteiger partial charge in [0.25, 0.3) is 0 Å². The van der Waals surface area contributed by atoms with Crippen LogP contribution in [0.1, 0.15) is 108 Å². The summed E-state index contributed by atoms with van der Waals surface area (Å²) in [5, 5.41) is 10.4. The standard InChI is InChI=1S/C13H16N2.C12H17NO.C11H17N.C11H15N.C7H15N.C6H13NO/c1-9-7-11-10-5-3-4-6-12(10)14-13(11)8-15(9)2;1-10-8-12(9-13(10)2)14-11-6-4-3-5-7-11;1-9-7-10-5-3-4-6-11(10)8-12(9)2;1-9-11-6-4-3-5-10(11)7-8-12(9)2;1-7-5-3-4-6-8(7)2;1-5-3-6(8)4-7(5)2/h3-6,9,14H,7-8H2,1-2H3;3-7,10,12H,8-9H2,1-2H3;3-6,9-11H,7-8H2,1-2H3;3-6,9H,7-8H2,1-2H3;7H,3-6H2,1-2H3;5-6,8H,3-4H2,1-2H3. The van der Waals surface area contributed by atoms with Gasteiger partial charge in [0.1, 0.15) is 11.9 Å². The molecule has 10 unspecified atom stereocenters. The molecule has 6 aliphatic heterocycles. The van der Waals surface area contributed by atoms with E-state index < -0.39 is 0 Å². The zero-order valence-corrected chi connectivity index (χ0v) is 45.0. The second kappa shape index (κ2) is 26.6. The number of rotatable bonds is 2. The number of hydrogen-bond acceptors (Lipinski definition) is 8. The van der Waals surface area contributed by atoms with Crippen molar-refractivity contribution < 1.29 is 9.84 Å². The van der Waals surface area contributed by atoms with Gasteiger partial charge in [0.2, 0.25) is 0 Å². The molecule has 0 radical (unpaired) electrons. The van der Waals surface area contributed by atoms with Gasteiger partial charge in [0.05, 0.1) is 6.10 Å². The highest BCUT2D eigenvalue weighted by Gasteiger charge is 2.30. The highest BCUT2D eigenvalue weighted by atomic mass is 16.5. The first kappa shape index (κ1) is 54.5. The first-order valence-corrected chi connectivity index (χ1v) is 26.7. The molecule has 7 aliphatic rings. The molecule has 10 atom stereocenters. The van der Waals surface area contributed by atoms with E-state index in [1.807, 2.05) is 37.4 Å². The van der Waals surface area contributed by atoms with Gasteiger partial charge in [-0.3, -0.25) is 14.7 Å². The van der Waals surface area contributed by atoms with E-state index in [-0.39, 0.29) is 6.10 Å². The van der Waals surface area contributed by atoms with Crippen LogP contribution in [0, 0.1) is 11.8 Å². The maximum Gasteiger partial charge on any atom is 0.119 e. The van der Waals surface area contributed by atoms with Crippen LogP contribution in [0.4, 0.5) is 0 Å². The SMILES string of the molecule is CC1CC(O)CN1C.CC1CC(Oc2ccccc2)CN1C.CC1CC2C=CC=CC2CN1C.CC1CCCCN1C.CC1Cc2c([nH]c3ccccc23)CN1C.CC1c2ccccc2CCN1C. The van der Waals surface area contributed by atoms with Crippen LogP contribution in [0.3, 0.4) is 0 Å². The lowest BCUT2D eigenvalue weighted by atomic mass is 9.80. The third kappa shape index (κ3) is 15.8. The lowest BCUT2D eigenvalue weighted by Crippen LogP contribution is -2.42. The molecule has 2 N–H and O–H groups in total. The number of hydrogen-bond donors (Lipinski definition) is 2. The fourth-order valence-corrected chi connectivity index (χ4v) is 10.9. The lowest BCUT2D eigenvalue weighted by molar-refractivity contribution is 0.137. The predicted molar refractivity (Wildman–Crippen MR) is 292 cm³/mol. The first-order valence-electron chi connectivity index (χ1n) is 26.7. The molecule has 1 aliphatic carbocycles. The number of likely N-dealkylation sites (tertiary alicyclic amines) is 4. The van der Waals surface area contributed by atoms with Gasteiger partial charge < -0.3 is 29.5 Å². The van der Waals surface area contributed by atoms with Crippen molar-refractivity contribution in [2.24, 2.45) is 11.8 Å². The number of aliphatic hydroxyl groups excluding tert-OH is 1. The van der Waals surface area contributed by atoms with Crippen LogP contribution < -0.4 is 4.74 Å². The number of ether oxygens (including phenoxy) is 1. The largest absolute Gasteiger partial charge is 0.489 e. The fourth-order valence-electron chi connectivity index (χ4n) is 10.9. The second-order valence-electron chi connectivity index (χ2n) is 21.9. The Kier molecular flexibility index (Phi) is 21.0. The molecule has 4 fully saturated rings. The number of nitrogens with zero attached hydrogens (tertiary/aromatic N) is 6. The van der Waals surface area contributed by atoms with Crippen LogP contribution in [0.25, 0.3) is 10.9 Å². The number of likely N-dealkylation sites (N-methyl/N-ethyl adjacent to an activating group) is 4. The molecular weight excluding hydrogens is 851 g/mol. The number of H-pyrrole nitrogens is 1. The Morgan fingerprint density at radius 2 is 1.20 bits per heavy atom. The van der Waals surface area contributed by atoms with Crippen molar-refractivity contribution in [3.8, 4) is 5.75 Å². The van der Waals surface area contributed by atoms with Gasteiger partial charge in [-0.05, 0) is 176 Å². The summed E-state index contributed by atoms with van der Waals surface area (Å²) in [4.78, 5) is 17.7. The van der Waals surface area contributed by atoms with E-state index >= 15 is 0 Å². The summed E-state index contributed by atoms with van der Waals surface area (Å²) in [6, 6.07) is 31.5. The van der Waals surface area contributed by atoms with E-state index in [0.717, 1.165) is 68.6 Å². The minimum absolute atomic E-state index is 0.0741. The molecule has 380 valence electrons. The van der Waals surface area contributed by atoms with E-state index in [1.165, 1.54) is 85.0 Å². The van der Waals surface area contributed by atoms with Crippen molar-refractivity contribution in [2.75, 3.05) is 75.0 Å². The number of allylic oxidation sites excluding steroid dienone is 3. The highest BCUT2D eigenvalue weighted by Crippen LogP contribution is 2.32. The molecular formula is C60H93N7O2. The smallest absolute Gasteiger partial charge is 0.119 e. The Bertz CT molecular complexity index is 2110. The number of fused-ring (bicyclic) bond motifs is 5. The van der Waals surface area contributed by atoms with Crippen molar-refractivity contribution in [1.29, 1.82) is 0 Å². The molecule has 0 amide bonds. The van der Waals surface area contributed by atoms with Crippen LogP contribution in [-0.2, 0) is 19.4 Å². The van der Waals surface area contributed by atoms with Crippen molar-refractivity contribution in [3.05, 3.63) is 126 Å². The van der Waals surface area contributed by atoms with Gasteiger partial charge in [0, 0.05) is 92.0 Å². The van der Waals surface area contributed by atoms with Gasteiger partial charge >= 0.3 is 0 Å². The number of β-amino-alcohol motifs (C(OH)–C–C–N with tert-alkyl or cyclic N) is 1. The summed E-state index contributed by atoms with van der Waals surface area (Å²) in [6.07, 6.45) is 19.4. The minimum Gasteiger partial charge on any atom is -0.489 e. The Balaban J connectivity index is 0.000000138. The first-order chi connectivity index (χ1) is 33.1. The molecule has 3 aromatic carbocycles. The number of aliphatic hydroxyl groups is 1. The summed E-state index contributed by atoms with van der Waals surface area (Å²) < 4.78 is 5.87. The molecule has 0 spiro atoms. The summed E-state index contributed by atoms with van der Waals surface area (Å²) in [5.74, 6) is 2.57. The quantitative estimate of drug-likeness (QED) is 0.206. The van der Waals surface area contributed by atoms with Crippen molar-refractivity contribution >= 4 is 10.9 Å². The number of aromatic nitrogens is 1. The van der Waals surface area contributed by atoms with E-state index in [4.69, 9.17) is 9.84 Å². The molecule has 9 nitrogen and oxygen atoms in total. The van der Waals surface area contributed by atoms with Gasteiger partial charge in [-0.25, -0.2) is 0 Å². The monoisotopic (exact) mass is 944 g/mol. The Morgan fingerprint density at radius 1 is 0.565 bits per heavy atom. The zero-order chi connectivity index (χ0) is 49.6. The molecule has 1 aromatic heterocycles. The summed E-state index contributed by atoms with van der Waals surface area (Å²) >= 11 is 0. The van der Waals surface area contributed by atoms with E-state index in [0.29, 0.717) is 30.3 Å². The van der Waals surface area contributed by atoms with Gasteiger partial charge in [-0.1, -0.05) is 91.4 Å². The minimum atomic E-state index is -0.0741. The Labute approximate surface area is 419 Å². The van der Waals surface area contributed by atoms with Crippen LogP contribution in [0.2, 0.25) is 0 Å². The van der Waals surface area contributed by atoms with Crippen molar-refractivity contribution in [2.45, 2.75) is 148 Å². The van der Waals surface area contributed by atoms with Crippen LogP contribution in [0.5, 0.6) is 5.75 Å². The third-order valence-electron chi connectivity index (χ3n) is 16.6. The fraction of sp³-hybridized carbons (Fsp3) is 0.600. The van der Waals surface area contributed by atoms with E-state index in [9.17, 15) is 0 Å². The molecule has 0 bridgehead atoms. The van der Waals surface area contributed by atoms with Crippen LogP contribution in [-0.4, -0.2) is 157 Å². The molecule has 7 heterocycles. The topological polar surface area (TPSA) is 64.7 Å². The summed E-state index contributed by atoms with van der Waals surface area (Å²) in [5.41, 5.74) is 7.24. The molecule has 11 rings (SSSR count). The van der Waals surface area contributed by atoms with Crippen LogP contribution >= 0.6 is 0 Å². The van der Waals surface area contributed by atoms with Gasteiger partial charge in [0.15, 0.2) is 0 Å². The van der Waals surface area contributed by atoms with E-state index in [1.54, 1.807) is 0 Å². The number of nitrogens with one attached hydrogen (secondary N) is 1. The molecule has 4 saturated heterocycles. The number of piperidine rings is 2. The Hall–Kier alpha value is -3.80. The van der Waals surface area contributed by atoms with Gasteiger partial charge in [-0.2, -0.15) is 0 Å². The number of para-hydroxylation sites is 2. The van der Waals surface area contributed by atoms with Crippen molar-refractivity contribution in [3.63, 3.8) is 0 Å². The number of aromatic amines is 1. The molecule has 9 heteroatoms. The van der Waals surface area contributed by atoms with E-state index in [2.05, 4.69) is 184 Å². The average Bonchev–Trinajstić information content (AvgIpc) is 3.97. The van der Waals surface area contributed by atoms with Crippen LogP contribution in [0.15, 0.2) is 103 Å². The maximum atomic E-state index is 9.03. The second-order valence-corrected chi connectivity index (χ2v) is 21.9. The van der Waals surface area contributed by atoms with Gasteiger partial charge in [-0.15, -0.1) is 0 Å². The maximum absolute atomic E-state index is 9.03. The average molecular weight is 944 g/mol. The normalized spacial score (nSPS) is 30.3. The summed E-state index contributed by atoms with van der Waals surface area (Å²) in [7, 11) is 13.0.